The highest BCUT2D eigenvalue weighted by molar-refractivity contribution is 5.97. The van der Waals surface area contributed by atoms with Crippen LogP contribution >= 0.6 is 0 Å². The topological polar surface area (TPSA) is 431 Å². The molecule has 0 radical (unpaired) electrons. The molecule has 26 nitrogen and oxygen atoms in total. The largest absolute Gasteiger partial charge is 0.508 e. The van der Waals surface area contributed by atoms with E-state index in [0.717, 1.165) is 10.5 Å². The molecule has 6 atom stereocenters. The van der Waals surface area contributed by atoms with E-state index < -0.39 is 115 Å². The molecule has 0 saturated heterocycles. The zero-order chi connectivity index (χ0) is 54.6. The molecular formula is C47H72N14O12. The third-order valence-electron chi connectivity index (χ3n) is 11.1. The highest BCUT2D eigenvalue weighted by Crippen LogP contribution is 2.15. The lowest BCUT2D eigenvalue weighted by atomic mass is 10.00. The van der Waals surface area contributed by atoms with E-state index in [1.165, 1.54) is 19.2 Å². The van der Waals surface area contributed by atoms with E-state index in [2.05, 4.69) is 47.2 Å². The van der Waals surface area contributed by atoms with Crippen molar-refractivity contribution < 1.29 is 58.5 Å². The van der Waals surface area contributed by atoms with Crippen LogP contribution in [0.1, 0.15) is 69.9 Å². The molecule has 0 bridgehead atoms. The van der Waals surface area contributed by atoms with Crippen molar-refractivity contribution in [2.24, 2.45) is 38.8 Å². The predicted octanol–water partition coefficient (Wildman–Crippen LogP) is -3.13. The number of nitrogens with two attached hydrogens (primary N) is 4. The van der Waals surface area contributed by atoms with Gasteiger partial charge in [0, 0.05) is 33.0 Å². The van der Waals surface area contributed by atoms with Gasteiger partial charge in [-0.05, 0) is 81.2 Å². The number of nitrogens with one attached hydrogen (secondary N) is 7. The Morgan fingerprint density at radius 3 is 1.70 bits per heavy atom. The smallest absolute Gasteiger partial charge is 0.326 e. The molecule has 0 saturated carbocycles. The number of aliphatic carboxylic acids is 2. The number of likely N-dealkylation sites (N-methyl/N-ethyl adjacent to an activating group) is 2. The minimum Gasteiger partial charge on any atom is -0.508 e. The zero-order valence-corrected chi connectivity index (χ0v) is 41.6. The Labute approximate surface area is 423 Å². The molecule has 0 heterocycles. The second kappa shape index (κ2) is 32.0. The van der Waals surface area contributed by atoms with Crippen molar-refractivity contribution in [2.45, 2.75) is 108 Å². The fraction of sp³-hybridized carbons (Fsp3) is 0.511. The number of carboxylic acid groups (broad SMARTS) is 2. The van der Waals surface area contributed by atoms with Gasteiger partial charge in [0.1, 0.15) is 36.0 Å². The lowest BCUT2D eigenvalue weighted by molar-refractivity contribution is -0.146. The molecule has 0 spiro atoms. The van der Waals surface area contributed by atoms with Gasteiger partial charge >= 0.3 is 11.9 Å². The van der Waals surface area contributed by atoms with E-state index in [9.17, 15) is 53.4 Å². The van der Waals surface area contributed by atoms with Crippen molar-refractivity contribution in [1.82, 2.24) is 42.1 Å². The van der Waals surface area contributed by atoms with Crippen molar-refractivity contribution in [3.8, 4) is 5.75 Å². The molecule has 0 aliphatic carbocycles. The van der Waals surface area contributed by atoms with E-state index in [1.54, 1.807) is 63.4 Å². The Hall–Kier alpha value is -8.03. The van der Waals surface area contributed by atoms with Gasteiger partial charge in [0.15, 0.2) is 11.9 Å². The Morgan fingerprint density at radius 1 is 0.603 bits per heavy atom. The first kappa shape index (κ1) is 61.1. The number of aromatic hydroxyl groups is 1. The van der Waals surface area contributed by atoms with Gasteiger partial charge in [-0.1, -0.05) is 56.3 Å². The summed E-state index contributed by atoms with van der Waals surface area (Å²) < 4.78 is 0. The van der Waals surface area contributed by atoms with Crippen LogP contribution in [-0.4, -0.2) is 162 Å². The van der Waals surface area contributed by atoms with Crippen molar-refractivity contribution in [3.63, 3.8) is 0 Å². The van der Waals surface area contributed by atoms with Crippen LogP contribution < -0.4 is 60.2 Å². The molecule has 18 N–H and O–H groups in total. The number of phenolic OH excluding ortho intramolecular Hbond substituents is 1. The molecule has 7 amide bonds. The number of phenols is 1. The van der Waals surface area contributed by atoms with E-state index in [0.29, 0.717) is 5.56 Å². The molecule has 0 unspecified atom stereocenters. The summed E-state index contributed by atoms with van der Waals surface area (Å²) in [4.78, 5) is 128. The van der Waals surface area contributed by atoms with Gasteiger partial charge in [0.25, 0.3) is 0 Å². The van der Waals surface area contributed by atoms with Gasteiger partial charge in [-0.3, -0.25) is 48.3 Å². The zero-order valence-electron chi connectivity index (χ0n) is 41.6. The van der Waals surface area contributed by atoms with Crippen LogP contribution in [0.3, 0.4) is 0 Å². The molecule has 73 heavy (non-hydrogen) atoms. The van der Waals surface area contributed by atoms with Crippen molar-refractivity contribution >= 4 is 65.2 Å². The Balaban J connectivity index is 2.34. The average Bonchev–Trinajstić information content (AvgIpc) is 3.33. The third-order valence-corrected chi connectivity index (χ3v) is 11.1. The Morgan fingerprint density at radius 2 is 1.14 bits per heavy atom. The summed E-state index contributed by atoms with van der Waals surface area (Å²) in [6.45, 7) is 2.56. The summed E-state index contributed by atoms with van der Waals surface area (Å²) in [6, 6.07) is 7.22. The van der Waals surface area contributed by atoms with Gasteiger partial charge < -0.3 is 80.4 Å². The van der Waals surface area contributed by atoms with Crippen LogP contribution in [-0.2, 0) is 56.0 Å². The fourth-order valence-corrected chi connectivity index (χ4v) is 7.22. The van der Waals surface area contributed by atoms with E-state index in [-0.39, 0.29) is 81.6 Å². The minimum absolute atomic E-state index is 0.0208. The second-order valence-corrected chi connectivity index (χ2v) is 17.5. The van der Waals surface area contributed by atoms with E-state index in [1.807, 2.05) is 0 Å². The number of benzene rings is 2. The van der Waals surface area contributed by atoms with Gasteiger partial charge in [-0.2, -0.15) is 0 Å². The third kappa shape index (κ3) is 24.1. The number of carbonyl (C=O) groups is 9. The van der Waals surface area contributed by atoms with Crippen LogP contribution in [0, 0.1) is 5.92 Å². The first-order valence-electron chi connectivity index (χ1n) is 23.6. The quantitative estimate of drug-likeness (QED) is 0.0191. The van der Waals surface area contributed by atoms with Crippen LogP contribution in [0.4, 0.5) is 0 Å². The van der Waals surface area contributed by atoms with Gasteiger partial charge in [0.05, 0.1) is 19.1 Å². The first-order chi connectivity index (χ1) is 34.5. The number of rotatable bonds is 33. The van der Waals surface area contributed by atoms with Crippen LogP contribution in [0.2, 0.25) is 0 Å². The Kier molecular flexibility index (Phi) is 26.8. The minimum atomic E-state index is -1.63. The summed E-state index contributed by atoms with van der Waals surface area (Å²) in [5.41, 5.74) is 23.3. The van der Waals surface area contributed by atoms with Gasteiger partial charge in [-0.25, -0.2) is 4.79 Å². The summed E-state index contributed by atoms with van der Waals surface area (Å²) in [7, 11) is 2.84. The predicted molar refractivity (Wildman–Crippen MR) is 269 cm³/mol. The fourth-order valence-electron chi connectivity index (χ4n) is 7.22. The van der Waals surface area contributed by atoms with Crippen molar-refractivity contribution in [1.29, 1.82) is 0 Å². The van der Waals surface area contributed by atoms with E-state index >= 15 is 0 Å². The molecule has 402 valence electrons. The maximum absolute atomic E-state index is 14.4. The molecule has 0 aliphatic rings. The molecule has 26 heteroatoms. The number of nitrogens with zero attached hydrogens (tertiary/aromatic N) is 3. The highest BCUT2D eigenvalue weighted by Gasteiger charge is 2.36. The molecule has 2 aromatic rings. The molecule has 2 aromatic carbocycles. The number of hydrogen-bond donors (Lipinski definition) is 14. The lowest BCUT2D eigenvalue weighted by Gasteiger charge is -2.32. The highest BCUT2D eigenvalue weighted by atomic mass is 16.4. The Bertz CT molecular complexity index is 2220. The van der Waals surface area contributed by atoms with Crippen molar-refractivity contribution in [3.05, 3.63) is 65.7 Å². The number of carbonyl (C=O) groups excluding carboxylic acids is 7. The maximum atomic E-state index is 14.4. The van der Waals surface area contributed by atoms with Crippen LogP contribution in [0.25, 0.3) is 0 Å². The number of carboxylic acids is 2. The second-order valence-electron chi connectivity index (χ2n) is 17.5. The first-order valence-corrected chi connectivity index (χ1v) is 23.6. The number of hydrogen-bond acceptors (Lipinski definition) is 13. The van der Waals surface area contributed by atoms with Crippen LogP contribution in [0.5, 0.6) is 5.75 Å². The molecule has 0 aliphatic heterocycles. The number of guanidine groups is 2. The monoisotopic (exact) mass is 1020 g/mol. The number of aliphatic imine (C=N–C) groups is 2. The molecular weight excluding hydrogens is 953 g/mol. The summed E-state index contributed by atoms with van der Waals surface area (Å²) >= 11 is 0. The standard InChI is InChI=1S/C47H72N14O12/c1-27(2)22-34(41(68)58-31(12-8-20-53-46(48)49)44(71)61(4)36(13-9-21-54-47(50)51)43(70)59-32(45(72)73)18-19-39(65)66)60-42(69)35(24-28-10-6-5-7-11-28)57-38(64)26-55-37(63)25-56-40(67)33(52-3)23-29-14-16-30(62)17-15-29/h5-7,10-11,14-17,27,31-36,52,62H,8-9,12-13,18-26H2,1-4H3,(H,55,63)(H,56,67)(H,57,64)(H,58,68)(H,59,70)(H,60,69)(H,65,66)(H,72,73)(H4,48,49,53)(H4,50,51,54)/t31-,32+,33-,34-,35-,36-/m0/s1. The van der Waals surface area contributed by atoms with Gasteiger partial charge in [-0.15, -0.1) is 0 Å². The van der Waals surface area contributed by atoms with Crippen molar-refractivity contribution in [2.75, 3.05) is 40.3 Å². The molecule has 2 rings (SSSR count). The normalized spacial score (nSPS) is 13.3. The average molecular weight is 1030 g/mol. The van der Waals surface area contributed by atoms with Gasteiger partial charge in [0.2, 0.25) is 41.4 Å². The van der Waals surface area contributed by atoms with E-state index in [4.69, 9.17) is 28.0 Å². The molecule has 0 fully saturated rings. The summed E-state index contributed by atoms with van der Waals surface area (Å²) in [6.07, 6.45) is -0.731. The lowest BCUT2D eigenvalue weighted by Crippen LogP contribution is -2.59. The maximum Gasteiger partial charge on any atom is 0.326 e. The SMILES string of the molecule is CN[C@@H](Cc1ccc(O)cc1)C(=O)NCC(=O)NCC(=O)N[C@@H](Cc1ccccc1)C(=O)N[C@@H](CC(C)C)C(=O)N[C@@H](CCCN=C(N)N)C(=O)N(C)[C@@H](CCCN=C(N)N)C(=O)N[C@H](CCC(=O)O)C(=O)O. The number of amides is 7. The summed E-state index contributed by atoms with van der Waals surface area (Å²) in [5, 5.41) is 46.6. The summed E-state index contributed by atoms with van der Waals surface area (Å²) in [5.74, 6) is -8.74. The van der Waals surface area contributed by atoms with Crippen LogP contribution in [0.15, 0.2) is 64.6 Å². The molecule has 0 aromatic heterocycles.